The zero-order valence-corrected chi connectivity index (χ0v) is 13.1. The predicted octanol–water partition coefficient (Wildman–Crippen LogP) is 3.43. The summed E-state index contributed by atoms with van der Waals surface area (Å²) in [5, 5.41) is 3.36. The van der Waals surface area contributed by atoms with Crippen LogP contribution < -0.4 is 5.32 Å². The van der Waals surface area contributed by atoms with E-state index >= 15 is 0 Å². The van der Waals surface area contributed by atoms with E-state index in [1.165, 1.54) is 0 Å². The van der Waals surface area contributed by atoms with Gasteiger partial charge in [0.25, 0.3) is 5.91 Å². The molecule has 1 aromatic heterocycles. The number of carbonyl (C=O) groups excluding carboxylic acids is 1. The fourth-order valence-corrected chi connectivity index (χ4v) is 2.29. The molecule has 4 nitrogen and oxygen atoms in total. The fraction of sp³-hybridized carbons (Fsp3) is 0.600. The summed E-state index contributed by atoms with van der Waals surface area (Å²) in [6.07, 6.45) is 3.19. The minimum atomic E-state index is -0.0461. The van der Waals surface area contributed by atoms with Gasteiger partial charge in [-0.05, 0) is 37.3 Å². The van der Waals surface area contributed by atoms with E-state index < -0.39 is 0 Å². The first kappa shape index (κ1) is 15.1. The lowest BCUT2D eigenvalue weighted by Gasteiger charge is -2.23. The number of hydrogen-bond donors (Lipinski definition) is 1. The molecule has 0 aliphatic heterocycles. The molecular weight excluding hydrogens is 274 g/mol. The van der Waals surface area contributed by atoms with E-state index in [0.717, 1.165) is 25.8 Å². The average molecular weight is 296 g/mol. The van der Waals surface area contributed by atoms with Gasteiger partial charge in [-0.25, -0.2) is 4.98 Å². The van der Waals surface area contributed by atoms with Crippen LogP contribution in [0.4, 0.5) is 5.82 Å². The third kappa shape index (κ3) is 3.63. The molecule has 1 N–H and O–H groups in total. The molecule has 1 heterocycles. The number of rotatable bonds is 6. The molecule has 1 saturated carbocycles. The van der Waals surface area contributed by atoms with Crippen molar-refractivity contribution in [2.24, 2.45) is 5.92 Å². The highest BCUT2D eigenvalue weighted by Gasteiger charge is 2.34. The van der Waals surface area contributed by atoms with Crippen LogP contribution in [-0.4, -0.2) is 35.4 Å². The molecule has 110 valence electrons. The Kier molecular flexibility index (Phi) is 4.86. The molecule has 0 bridgehead atoms. The van der Waals surface area contributed by atoms with Gasteiger partial charge in [-0.15, -0.1) is 0 Å². The monoisotopic (exact) mass is 295 g/mol. The lowest BCUT2D eigenvalue weighted by molar-refractivity contribution is 0.0730. The minimum Gasteiger partial charge on any atom is -0.373 e. The van der Waals surface area contributed by atoms with Gasteiger partial charge in [0, 0.05) is 19.6 Å². The van der Waals surface area contributed by atoms with Crippen molar-refractivity contribution < 1.29 is 4.79 Å². The number of hydrogen-bond acceptors (Lipinski definition) is 3. The van der Waals surface area contributed by atoms with Crippen molar-refractivity contribution in [2.75, 3.05) is 18.9 Å². The third-order valence-corrected chi connectivity index (χ3v) is 3.81. The second kappa shape index (κ2) is 6.44. The van der Waals surface area contributed by atoms with Crippen LogP contribution in [0.25, 0.3) is 0 Å². The van der Waals surface area contributed by atoms with E-state index in [-0.39, 0.29) is 5.91 Å². The third-order valence-electron chi connectivity index (χ3n) is 3.50. The molecule has 20 heavy (non-hydrogen) atoms. The molecule has 1 aliphatic carbocycles. The molecule has 2 rings (SSSR count). The minimum absolute atomic E-state index is 0.0461. The van der Waals surface area contributed by atoms with Crippen LogP contribution in [0.2, 0.25) is 5.02 Å². The molecule has 1 amide bonds. The number of aromatic nitrogens is 1. The molecule has 1 aromatic rings. The Morgan fingerprint density at radius 3 is 2.75 bits per heavy atom. The van der Waals surface area contributed by atoms with Gasteiger partial charge >= 0.3 is 0 Å². The van der Waals surface area contributed by atoms with Gasteiger partial charge in [0.05, 0.1) is 5.02 Å². The molecule has 1 fully saturated rings. The van der Waals surface area contributed by atoms with E-state index in [9.17, 15) is 4.79 Å². The normalized spacial score (nSPS) is 14.4. The van der Waals surface area contributed by atoms with Crippen LogP contribution >= 0.6 is 11.6 Å². The number of amides is 1. The topological polar surface area (TPSA) is 45.2 Å². The Labute approximate surface area is 125 Å². The Morgan fingerprint density at radius 1 is 1.50 bits per heavy atom. The van der Waals surface area contributed by atoms with Crippen LogP contribution in [0.3, 0.4) is 0 Å². The molecule has 0 aromatic carbocycles. The van der Waals surface area contributed by atoms with Crippen molar-refractivity contribution in [3.63, 3.8) is 0 Å². The van der Waals surface area contributed by atoms with Crippen LogP contribution in [0.15, 0.2) is 12.1 Å². The molecule has 1 aliphatic rings. The van der Waals surface area contributed by atoms with Gasteiger partial charge in [-0.3, -0.25) is 4.79 Å². The standard InChI is InChI=1S/C15H22ClN3O/c1-10(2)8-9-19(11-4-5-11)15(20)14-12(16)6-7-13(17-3)18-14/h6-7,10-11H,4-5,8-9H2,1-3H3,(H,17,18). The first-order valence-corrected chi connectivity index (χ1v) is 7.56. The molecular formula is C15H22ClN3O. The highest BCUT2D eigenvalue weighted by atomic mass is 35.5. The first-order valence-electron chi connectivity index (χ1n) is 7.18. The highest BCUT2D eigenvalue weighted by Crippen LogP contribution is 2.30. The van der Waals surface area contributed by atoms with E-state index in [1.54, 1.807) is 19.2 Å². The molecule has 0 unspecified atom stereocenters. The first-order chi connectivity index (χ1) is 9.52. The Hall–Kier alpha value is -1.29. The summed E-state index contributed by atoms with van der Waals surface area (Å²) in [4.78, 5) is 18.9. The van der Waals surface area contributed by atoms with Crippen molar-refractivity contribution in [1.82, 2.24) is 9.88 Å². The average Bonchev–Trinajstić information content (AvgIpc) is 3.23. The van der Waals surface area contributed by atoms with Crippen LogP contribution in [-0.2, 0) is 0 Å². The van der Waals surface area contributed by atoms with Crippen LogP contribution in [0.1, 0.15) is 43.6 Å². The zero-order valence-electron chi connectivity index (χ0n) is 12.3. The summed E-state index contributed by atoms with van der Waals surface area (Å²) >= 11 is 6.14. The van der Waals surface area contributed by atoms with Crippen molar-refractivity contribution >= 4 is 23.3 Å². The van der Waals surface area contributed by atoms with Gasteiger partial charge in [0.15, 0.2) is 0 Å². The number of nitrogens with one attached hydrogen (secondary N) is 1. The number of halogens is 1. The maximum atomic E-state index is 12.7. The maximum Gasteiger partial charge on any atom is 0.274 e. The molecule has 0 radical (unpaired) electrons. The van der Waals surface area contributed by atoms with Gasteiger partial charge in [0.2, 0.25) is 0 Å². The highest BCUT2D eigenvalue weighted by molar-refractivity contribution is 6.33. The quantitative estimate of drug-likeness (QED) is 0.874. The van der Waals surface area contributed by atoms with Crippen LogP contribution in [0, 0.1) is 5.92 Å². The number of nitrogens with zero attached hydrogens (tertiary/aromatic N) is 2. The van der Waals surface area contributed by atoms with Crippen molar-refractivity contribution in [1.29, 1.82) is 0 Å². The Bertz CT molecular complexity index is 486. The molecule has 0 atom stereocenters. The summed E-state index contributed by atoms with van der Waals surface area (Å²) in [7, 11) is 1.78. The SMILES string of the molecule is CNc1ccc(Cl)c(C(=O)N(CCC(C)C)C2CC2)n1. The lowest BCUT2D eigenvalue weighted by atomic mass is 10.1. The second-order valence-corrected chi connectivity index (χ2v) is 6.10. The maximum absolute atomic E-state index is 12.7. The zero-order chi connectivity index (χ0) is 14.7. The Balaban J connectivity index is 2.18. The summed E-state index contributed by atoms with van der Waals surface area (Å²) in [6, 6.07) is 3.87. The molecule has 5 heteroatoms. The van der Waals surface area contributed by atoms with Gasteiger partial charge in [-0.2, -0.15) is 0 Å². The van der Waals surface area contributed by atoms with E-state index in [0.29, 0.717) is 28.5 Å². The smallest absolute Gasteiger partial charge is 0.274 e. The van der Waals surface area contributed by atoms with Gasteiger partial charge in [0.1, 0.15) is 11.5 Å². The Morgan fingerprint density at radius 2 is 2.20 bits per heavy atom. The molecule has 0 spiro atoms. The number of carbonyl (C=O) groups is 1. The van der Waals surface area contributed by atoms with Crippen LogP contribution in [0.5, 0.6) is 0 Å². The van der Waals surface area contributed by atoms with Crippen molar-refractivity contribution in [3.8, 4) is 0 Å². The van der Waals surface area contributed by atoms with E-state index in [1.807, 2.05) is 4.90 Å². The number of pyridine rings is 1. The second-order valence-electron chi connectivity index (χ2n) is 5.69. The fourth-order valence-electron chi connectivity index (χ4n) is 2.10. The lowest BCUT2D eigenvalue weighted by Crippen LogP contribution is -2.35. The predicted molar refractivity (Wildman–Crippen MR) is 82.3 cm³/mol. The number of anilines is 1. The van der Waals surface area contributed by atoms with Crippen molar-refractivity contribution in [2.45, 2.75) is 39.2 Å². The summed E-state index contributed by atoms with van der Waals surface area (Å²) in [6.45, 7) is 5.12. The van der Waals surface area contributed by atoms with E-state index in [2.05, 4.69) is 24.1 Å². The van der Waals surface area contributed by atoms with Gasteiger partial charge < -0.3 is 10.2 Å². The summed E-state index contributed by atoms with van der Waals surface area (Å²) < 4.78 is 0. The summed E-state index contributed by atoms with van der Waals surface area (Å²) in [5.41, 5.74) is 0.356. The molecule has 0 saturated heterocycles. The van der Waals surface area contributed by atoms with Gasteiger partial charge in [-0.1, -0.05) is 25.4 Å². The van der Waals surface area contributed by atoms with E-state index in [4.69, 9.17) is 11.6 Å². The van der Waals surface area contributed by atoms with Crippen molar-refractivity contribution in [3.05, 3.63) is 22.8 Å². The summed E-state index contributed by atoms with van der Waals surface area (Å²) in [5.74, 6) is 1.20. The largest absolute Gasteiger partial charge is 0.373 e.